The average molecular weight is 321 g/mol. The zero-order valence-corrected chi connectivity index (χ0v) is 13.2. The van der Waals surface area contributed by atoms with E-state index in [0.29, 0.717) is 0 Å². The molecule has 0 aliphatic rings. The molecule has 0 saturated carbocycles. The lowest BCUT2D eigenvalue weighted by Crippen LogP contribution is -2.07. The summed E-state index contributed by atoms with van der Waals surface area (Å²) in [5.41, 5.74) is 3.37. The van der Waals surface area contributed by atoms with Crippen molar-refractivity contribution in [2.75, 3.05) is 19.0 Å². The van der Waals surface area contributed by atoms with Gasteiger partial charge in [-0.3, -0.25) is 4.99 Å². The summed E-state index contributed by atoms with van der Waals surface area (Å²) in [6.07, 6.45) is 1.75. The van der Waals surface area contributed by atoms with Crippen LogP contribution in [0, 0.1) is 13.8 Å². The van der Waals surface area contributed by atoms with E-state index in [1.54, 1.807) is 6.21 Å². The summed E-state index contributed by atoms with van der Waals surface area (Å²) in [6.45, 7) is 4.14. The molecule has 100 valence electrons. The monoisotopic (exact) mass is 320 g/mol. The fraction of sp³-hybridized carbons (Fsp3) is 0.267. The van der Waals surface area contributed by atoms with Crippen molar-refractivity contribution in [1.82, 2.24) is 0 Å². The van der Waals surface area contributed by atoms with Gasteiger partial charge in [0.25, 0.3) is 0 Å². The fourth-order valence-corrected chi connectivity index (χ4v) is 2.49. The maximum atomic E-state index is 5.69. The van der Waals surface area contributed by atoms with Crippen molar-refractivity contribution < 1.29 is 4.42 Å². The third kappa shape index (κ3) is 3.26. The van der Waals surface area contributed by atoms with E-state index in [0.717, 1.165) is 27.4 Å². The number of hydrogen-bond donors (Lipinski definition) is 0. The van der Waals surface area contributed by atoms with Gasteiger partial charge in [-0.2, -0.15) is 0 Å². The Hall–Kier alpha value is -1.55. The molecule has 1 aromatic heterocycles. The predicted octanol–water partition coefficient (Wildman–Crippen LogP) is 4.48. The summed E-state index contributed by atoms with van der Waals surface area (Å²) < 4.78 is 6.62. The normalized spacial score (nSPS) is 11.2. The molecular formula is C15H17BrN2O. The first-order chi connectivity index (χ1) is 8.97. The molecule has 0 saturated heterocycles. The molecule has 0 atom stereocenters. The highest BCUT2D eigenvalue weighted by molar-refractivity contribution is 9.10. The maximum absolute atomic E-state index is 5.69. The van der Waals surface area contributed by atoms with Gasteiger partial charge in [0.15, 0.2) is 0 Å². The van der Waals surface area contributed by atoms with Gasteiger partial charge in [-0.1, -0.05) is 17.7 Å². The highest BCUT2D eigenvalue weighted by Gasteiger charge is 2.09. The lowest BCUT2D eigenvalue weighted by Gasteiger charge is -2.07. The van der Waals surface area contributed by atoms with Crippen LogP contribution in [-0.4, -0.2) is 20.3 Å². The van der Waals surface area contributed by atoms with E-state index in [9.17, 15) is 0 Å². The predicted molar refractivity (Wildman–Crippen MR) is 83.9 cm³/mol. The van der Waals surface area contributed by atoms with Crippen molar-refractivity contribution in [1.29, 1.82) is 0 Å². The van der Waals surface area contributed by atoms with Crippen molar-refractivity contribution in [2.45, 2.75) is 13.8 Å². The van der Waals surface area contributed by atoms with Gasteiger partial charge in [-0.05, 0) is 41.4 Å². The first-order valence-electron chi connectivity index (χ1n) is 6.05. The Morgan fingerprint density at radius 3 is 2.53 bits per heavy atom. The second-order valence-corrected chi connectivity index (χ2v) is 5.60. The zero-order chi connectivity index (χ0) is 14.0. The number of benzene rings is 1. The first kappa shape index (κ1) is 13.9. The van der Waals surface area contributed by atoms with Crippen LogP contribution in [0.25, 0.3) is 0 Å². The third-order valence-corrected chi connectivity index (χ3v) is 3.35. The minimum atomic E-state index is 0.732. The molecule has 0 radical (unpaired) electrons. The number of rotatable bonds is 3. The van der Waals surface area contributed by atoms with Gasteiger partial charge in [-0.15, -0.1) is 0 Å². The molecule has 0 unspecified atom stereocenters. The van der Waals surface area contributed by atoms with E-state index in [2.05, 4.69) is 46.9 Å². The van der Waals surface area contributed by atoms with Crippen LogP contribution in [-0.2, 0) is 0 Å². The van der Waals surface area contributed by atoms with Gasteiger partial charge >= 0.3 is 0 Å². The molecular weight excluding hydrogens is 304 g/mol. The molecule has 2 aromatic rings. The molecule has 1 heterocycles. The van der Waals surface area contributed by atoms with Crippen LogP contribution in [0.15, 0.2) is 38.1 Å². The third-order valence-electron chi connectivity index (χ3n) is 2.78. The smallest absolute Gasteiger partial charge is 0.210 e. The Kier molecular flexibility index (Phi) is 4.10. The number of furan rings is 1. The van der Waals surface area contributed by atoms with Crippen molar-refractivity contribution in [3.05, 3.63) is 45.6 Å². The number of aliphatic imine (C=N–C) groups is 1. The van der Waals surface area contributed by atoms with E-state index >= 15 is 0 Å². The molecule has 0 bridgehead atoms. The molecule has 0 amide bonds. The van der Waals surface area contributed by atoms with Crippen LogP contribution in [0.2, 0.25) is 0 Å². The lowest BCUT2D eigenvalue weighted by molar-refractivity contribution is 0.557. The number of aryl methyl sites for hydroxylation is 2. The Bertz CT molecular complexity index is 615. The molecule has 2 rings (SSSR count). The van der Waals surface area contributed by atoms with E-state index in [4.69, 9.17) is 4.42 Å². The summed E-state index contributed by atoms with van der Waals surface area (Å²) in [5.74, 6) is 1.53. The number of hydrogen-bond acceptors (Lipinski definition) is 3. The van der Waals surface area contributed by atoms with Crippen molar-refractivity contribution >= 4 is 33.7 Å². The SMILES string of the molecule is Cc1ccc(N=Cc2cc(Br)c(N(C)C)o2)c(C)c1. The van der Waals surface area contributed by atoms with E-state index in [-0.39, 0.29) is 0 Å². The second-order valence-electron chi connectivity index (χ2n) is 4.74. The summed E-state index contributed by atoms with van der Waals surface area (Å²) in [5, 5.41) is 0. The van der Waals surface area contributed by atoms with Crippen LogP contribution >= 0.6 is 15.9 Å². The van der Waals surface area contributed by atoms with Gasteiger partial charge in [0.2, 0.25) is 5.88 Å². The van der Waals surface area contributed by atoms with E-state index < -0.39 is 0 Å². The van der Waals surface area contributed by atoms with Gasteiger partial charge in [0, 0.05) is 20.2 Å². The van der Waals surface area contributed by atoms with E-state index in [1.807, 2.05) is 31.1 Å². The minimum absolute atomic E-state index is 0.732. The van der Waals surface area contributed by atoms with Crippen LogP contribution in [0.5, 0.6) is 0 Å². The van der Waals surface area contributed by atoms with Gasteiger partial charge < -0.3 is 9.32 Å². The maximum Gasteiger partial charge on any atom is 0.210 e. The van der Waals surface area contributed by atoms with Crippen LogP contribution in [0.4, 0.5) is 11.6 Å². The Morgan fingerprint density at radius 1 is 1.21 bits per heavy atom. The molecule has 3 nitrogen and oxygen atoms in total. The highest BCUT2D eigenvalue weighted by Crippen LogP contribution is 2.28. The summed E-state index contributed by atoms with van der Waals surface area (Å²) in [6, 6.07) is 8.12. The van der Waals surface area contributed by atoms with Crippen molar-refractivity contribution in [3.63, 3.8) is 0 Å². The summed E-state index contributed by atoms with van der Waals surface area (Å²) >= 11 is 3.47. The standard InChI is InChI=1S/C15H17BrN2O/c1-10-5-6-14(11(2)7-10)17-9-12-8-13(16)15(19-12)18(3)4/h5-9H,1-4H3. The average Bonchev–Trinajstić information content (AvgIpc) is 2.69. The molecule has 0 fully saturated rings. The second kappa shape index (κ2) is 5.61. The minimum Gasteiger partial charge on any atom is -0.438 e. The Labute approximate surface area is 122 Å². The molecule has 0 aliphatic heterocycles. The number of halogens is 1. The van der Waals surface area contributed by atoms with Gasteiger partial charge in [-0.25, -0.2) is 0 Å². The van der Waals surface area contributed by atoms with Crippen LogP contribution in [0.1, 0.15) is 16.9 Å². The Balaban J connectivity index is 2.25. The Morgan fingerprint density at radius 2 is 1.95 bits per heavy atom. The van der Waals surface area contributed by atoms with Crippen LogP contribution in [0.3, 0.4) is 0 Å². The summed E-state index contributed by atoms with van der Waals surface area (Å²) in [7, 11) is 3.88. The largest absolute Gasteiger partial charge is 0.438 e. The topological polar surface area (TPSA) is 28.7 Å². The quantitative estimate of drug-likeness (QED) is 0.780. The first-order valence-corrected chi connectivity index (χ1v) is 6.84. The molecule has 0 spiro atoms. The lowest BCUT2D eigenvalue weighted by atomic mass is 10.1. The van der Waals surface area contributed by atoms with Gasteiger partial charge in [0.1, 0.15) is 5.76 Å². The molecule has 19 heavy (non-hydrogen) atoms. The van der Waals surface area contributed by atoms with Crippen molar-refractivity contribution in [3.8, 4) is 0 Å². The zero-order valence-electron chi connectivity index (χ0n) is 11.6. The van der Waals surface area contributed by atoms with E-state index in [1.165, 1.54) is 5.56 Å². The molecule has 4 heteroatoms. The number of nitrogens with zero attached hydrogens (tertiary/aromatic N) is 2. The van der Waals surface area contributed by atoms with Crippen molar-refractivity contribution in [2.24, 2.45) is 4.99 Å². The summed E-state index contributed by atoms with van der Waals surface area (Å²) in [4.78, 5) is 6.39. The number of anilines is 1. The fourth-order valence-electron chi connectivity index (χ4n) is 1.83. The molecule has 0 N–H and O–H groups in total. The highest BCUT2D eigenvalue weighted by atomic mass is 79.9. The molecule has 1 aromatic carbocycles. The van der Waals surface area contributed by atoms with Gasteiger partial charge in [0.05, 0.1) is 16.4 Å². The molecule has 0 aliphatic carbocycles. The van der Waals surface area contributed by atoms with Crippen LogP contribution < -0.4 is 4.90 Å².